The molecule has 0 saturated carbocycles. The van der Waals surface area contributed by atoms with Crippen LogP contribution in [0, 0.1) is 22.7 Å². The summed E-state index contributed by atoms with van der Waals surface area (Å²) in [6, 6.07) is 5.08. The lowest BCUT2D eigenvalue weighted by Crippen LogP contribution is -2.12. The van der Waals surface area contributed by atoms with Crippen LogP contribution in [-0.4, -0.2) is 27.1 Å². The smallest absolute Gasteiger partial charge is 0.340 e. The van der Waals surface area contributed by atoms with Crippen LogP contribution in [-0.2, 0) is 4.74 Å². The normalized spacial score (nSPS) is 9.67. The maximum absolute atomic E-state index is 11.8. The summed E-state index contributed by atoms with van der Waals surface area (Å²) in [6.07, 6.45) is 2.62. The van der Waals surface area contributed by atoms with Crippen LogP contribution in [0.4, 0.5) is 5.69 Å². The van der Waals surface area contributed by atoms with Crippen molar-refractivity contribution in [2.45, 2.75) is 6.92 Å². The summed E-state index contributed by atoms with van der Waals surface area (Å²) in [6.45, 7) is 1.89. The molecule has 0 radical (unpaired) electrons. The van der Waals surface area contributed by atoms with Crippen LogP contribution in [0.25, 0.3) is 5.82 Å². The van der Waals surface area contributed by atoms with Gasteiger partial charge >= 0.3 is 5.97 Å². The van der Waals surface area contributed by atoms with Gasteiger partial charge in [-0.05, 0) is 13.0 Å². The molecular formula is C13H10N6O2. The number of nitriles is 2. The minimum absolute atomic E-state index is 0.00212. The summed E-state index contributed by atoms with van der Waals surface area (Å²) in [4.78, 5) is 19.6. The molecule has 0 aliphatic carbocycles. The summed E-state index contributed by atoms with van der Waals surface area (Å²) in [5.41, 5.74) is 6.06. The van der Waals surface area contributed by atoms with Gasteiger partial charge in [-0.15, -0.1) is 0 Å². The van der Waals surface area contributed by atoms with Crippen molar-refractivity contribution in [1.82, 2.24) is 14.5 Å². The predicted molar refractivity (Wildman–Crippen MR) is 71.2 cm³/mol. The van der Waals surface area contributed by atoms with Crippen LogP contribution in [0.2, 0.25) is 0 Å². The van der Waals surface area contributed by atoms with E-state index in [9.17, 15) is 4.79 Å². The van der Waals surface area contributed by atoms with Crippen LogP contribution in [0.5, 0.6) is 0 Å². The Morgan fingerprint density at radius 1 is 1.43 bits per heavy atom. The zero-order valence-electron chi connectivity index (χ0n) is 11.1. The van der Waals surface area contributed by atoms with E-state index in [1.54, 1.807) is 13.0 Å². The Labute approximate surface area is 120 Å². The van der Waals surface area contributed by atoms with Crippen molar-refractivity contribution < 1.29 is 9.53 Å². The molecule has 0 bridgehead atoms. The van der Waals surface area contributed by atoms with Gasteiger partial charge in [-0.3, -0.25) is 4.57 Å². The molecule has 0 aliphatic rings. The molecule has 104 valence electrons. The van der Waals surface area contributed by atoms with Crippen molar-refractivity contribution in [2.75, 3.05) is 12.3 Å². The molecule has 0 aromatic carbocycles. The van der Waals surface area contributed by atoms with Gasteiger partial charge in [0.1, 0.15) is 18.5 Å². The maximum Gasteiger partial charge on any atom is 0.340 e. The number of anilines is 1. The molecule has 2 aromatic rings. The fourth-order valence-electron chi connectivity index (χ4n) is 1.74. The highest BCUT2D eigenvalue weighted by Crippen LogP contribution is 2.22. The molecule has 2 aromatic heterocycles. The largest absolute Gasteiger partial charge is 0.462 e. The van der Waals surface area contributed by atoms with Crippen molar-refractivity contribution in [3.8, 4) is 18.0 Å². The zero-order valence-corrected chi connectivity index (χ0v) is 11.1. The molecule has 8 nitrogen and oxygen atoms in total. The van der Waals surface area contributed by atoms with Gasteiger partial charge in [-0.25, -0.2) is 14.8 Å². The Morgan fingerprint density at radius 3 is 2.81 bits per heavy atom. The molecule has 0 unspecified atom stereocenters. The summed E-state index contributed by atoms with van der Waals surface area (Å²) >= 11 is 0. The number of hydrogen-bond acceptors (Lipinski definition) is 7. The van der Waals surface area contributed by atoms with E-state index in [1.165, 1.54) is 23.2 Å². The van der Waals surface area contributed by atoms with E-state index >= 15 is 0 Å². The summed E-state index contributed by atoms with van der Waals surface area (Å²) in [5, 5.41) is 18.0. The standard InChI is InChI=1S/C13H10N6O2/c1-2-21-13(20)8-3-4-17-12(11(8)16)19-7-18-9(5-14)10(19)6-15/h3-4,7H,2,16H2,1H3. The van der Waals surface area contributed by atoms with Crippen molar-refractivity contribution in [1.29, 1.82) is 10.5 Å². The Morgan fingerprint density at radius 2 is 2.19 bits per heavy atom. The second-order valence-electron chi connectivity index (χ2n) is 3.85. The number of nitrogen functional groups attached to an aromatic ring is 1. The molecule has 21 heavy (non-hydrogen) atoms. The van der Waals surface area contributed by atoms with E-state index in [4.69, 9.17) is 21.0 Å². The molecule has 2 N–H and O–H groups in total. The molecule has 2 rings (SSSR count). The van der Waals surface area contributed by atoms with Gasteiger partial charge in [0.25, 0.3) is 0 Å². The average molecular weight is 282 g/mol. The molecule has 0 saturated heterocycles. The Bertz CT molecular complexity index is 781. The first-order chi connectivity index (χ1) is 10.1. The molecular weight excluding hydrogens is 272 g/mol. The van der Waals surface area contributed by atoms with Crippen LogP contribution < -0.4 is 5.73 Å². The zero-order chi connectivity index (χ0) is 15.4. The summed E-state index contributed by atoms with van der Waals surface area (Å²) in [7, 11) is 0. The van der Waals surface area contributed by atoms with Gasteiger partial charge in [0.15, 0.2) is 17.2 Å². The lowest BCUT2D eigenvalue weighted by molar-refractivity contribution is 0.0527. The number of nitrogens with two attached hydrogens (primary N) is 1. The minimum atomic E-state index is -0.585. The minimum Gasteiger partial charge on any atom is -0.462 e. The third kappa shape index (κ3) is 2.38. The first-order valence-electron chi connectivity index (χ1n) is 5.93. The van der Waals surface area contributed by atoms with Gasteiger partial charge in [0, 0.05) is 6.20 Å². The molecule has 0 spiro atoms. The second kappa shape index (κ2) is 5.72. The molecule has 0 atom stereocenters. The Kier molecular flexibility index (Phi) is 3.82. The molecule has 0 aliphatic heterocycles. The SMILES string of the molecule is CCOC(=O)c1ccnc(-n2cnc(C#N)c2C#N)c1N. The van der Waals surface area contributed by atoms with Crippen molar-refractivity contribution in [2.24, 2.45) is 0 Å². The Balaban J connectivity index is 2.60. The van der Waals surface area contributed by atoms with Gasteiger partial charge in [-0.1, -0.05) is 0 Å². The van der Waals surface area contributed by atoms with E-state index in [-0.39, 0.29) is 35.1 Å². The lowest BCUT2D eigenvalue weighted by atomic mass is 10.2. The van der Waals surface area contributed by atoms with Crippen LogP contribution in [0.15, 0.2) is 18.6 Å². The van der Waals surface area contributed by atoms with E-state index in [2.05, 4.69) is 9.97 Å². The third-order valence-corrected chi connectivity index (χ3v) is 2.67. The number of aromatic nitrogens is 3. The van der Waals surface area contributed by atoms with Crippen molar-refractivity contribution >= 4 is 11.7 Å². The number of pyridine rings is 1. The Hall–Kier alpha value is -3.39. The fourth-order valence-corrected chi connectivity index (χ4v) is 1.74. The highest BCUT2D eigenvalue weighted by Gasteiger charge is 2.19. The van der Waals surface area contributed by atoms with E-state index in [1.807, 2.05) is 6.07 Å². The van der Waals surface area contributed by atoms with Crippen molar-refractivity contribution in [3.05, 3.63) is 35.5 Å². The highest BCUT2D eigenvalue weighted by atomic mass is 16.5. The van der Waals surface area contributed by atoms with E-state index in [0.717, 1.165) is 0 Å². The number of nitrogens with zero attached hydrogens (tertiary/aromatic N) is 5. The highest BCUT2D eigenvalue weighted by molar-refractivity contribution is 5.96. The van der Waals surface area contributed by atoms with Gasteiger partial charge in [0.2, 0.25) is 0 Å². The molecule has 0 amide bonds. The number of carbonyl (C=O) groups excluding carboxylic acids is 1. The topological polar surface area (TPSA) is 131 Å². The van der Waals surface area contributed by atoms with Crippen molar-refractivity contribution in [3.63, 3.8) is 0 Å². The molecule has 0 fully saturated rings. The first kappa shape index (κ1) is 14.0. The number of ether oxygens (including phenoxy) is 1. The first-order valence-corrected chi connectivity index (χ1v) is 5.93. The number of carbonyl (C=O) groups is 1. The summed E-state index contributed by atoms with van der Waals surface area (Å²) < 4.78 is 6.15. The van der Waals surface area contributed by atoms with Crippen LogP contribution in [0.1, 0.15) is 28.7 Å². The van der Waals surface area contributed by atoms with Crippen LogP contribution >= 0.6 is 0 Å². The molecule has 2 heterocycles. The second-order valence-corrected chi connectivity index (χ2v) is 3.85. The van der Waals surface area contributed by atoms with E-state index < -0.39 is 5.97 Å². The average Bonchev–Trinajstić information content (AvgIpc) is 2.90. The van der Waals surface area contributed by atoms with Crippen LogP contribution in [0.3, 0.4) is 0 Å². The van der Waals surface area contributed by atoms with Gasteiger partial charge in [0.05, 0.1) is 17.9 Å². The predicted octanol–water partition coefficient (Wildman–Crippen LogP) is 0.770. The number of esters is 1. The van der Waals surface area contributed by atoms with E-state index in [0.29, 0.717) is 0 Å². The molecule has 8 heteroatoms. The fraction of sp³-hybridized carbons (Fsp3) is 0.154. The number of rotatable bonds is 3. The lowest BCUT2D eigenvalue weighted by Gasteiger charge is -2.10. The third-order valence-electron chi connectivity index (χ3n) is 2.67. The van der Waals surface area contributed by atoms with Gasteiger partial charge < -0.3 is 10.5 Å². The van der Waals surface area contributed by atoms with Gasteiger partial charge in [-0.2, -0.15) is 10.5 Å². The quantitative estimate of drug-likeness (QED) is 0.822. The monoisotopic (exact) mass is 282 g/mol. The maximum atomic E-state index is 11.8. The summed E-state index contributed by atoms with van der Waals surface area (Å²) in [5.74, 6) is -0.441. The number of imidazole rings is 1. The number of hydrogen-bond donors (Lipinski definition) is 1.